The molecule has 0 saturated heterocycles. The van der Waals surface area contributed by atoms with Crippen LogP contribution in [0.4, 0.5) is 5.69 Å². The van der Waals surface area contributed by atoms with Gasteiger partial charge in [-0.1, -0.05) is 18.2 Å². The summed E-state index contributed by atoms with van der Waals surface area (Å²) in [6.07, 6.45) is 0. The quantitative estimate of drug-likeness (QED) is 0.334. The maximum atomic E-state index is 13.4. The van der Waals surface area contributed by atoms with E-state index in [-0.39, 0.29) is 11.2 Å². The summed E-state index contributed by atoms with van der Waals surface area (Å²) in [5.41, 5.74) is 0.822. The average Bonchev–Trinajstić information content (AvgIpc) is 2.47. The molecule has 9 heteroatoms. The minimum Gasteiger partial charge on any atom is -0.332 e. The van der Waals surface area contributed by atoms with Crippen LogP contribution in [0.2, 0.25) is 0 Å². The summed E-state index contributed by atoms with van der Waals surface area (Å²) >= 11 is 17.0. The van der Waals surface area contributed by atoms with Crippen LogP contribution in [0, 0.1) is 0 Å². The third kappa shape index (κ3) is 7.38. The van der Waals surface area contributed by atoms with Gasteiger partial charge in [0.25, 0.3) is 0 Å². The van der Waals surface area contributed by atoms with E-state index in [0.29, 0.717) is 24.8 Å². The first-order valence-corrected chi connectivity index (χ1v) is 10.4. The maximum Gasteiger partial charge on any atom is 0.308 e. The lowest BCUT2D eigenvalue weighted by atomic mass is 10.3. The number of nitrogens with one attached hydrogen (secondary N) is 3. The van der Waals surface area contributed by atoms with Gasteiger partial charge in [-0.25, -0.2) is 9.76 Å². The molecule has 0 aliphatic heterocycles. The highest BCUT2D eigenvalue weighted by Crippen LogP contribution is 2.41. The van der Waals surface area contributed by atoms with E-state index < -0.39 is 7.59 Å². The van der Waals surface area contributed by atoms with Crippen LogP contribution in [0.15, 0.2) is 30.3 Å². The molecule has 1 atom stereocenters. The number of nitrogens with zero attached hydrogens (tertiary/aromatic N) is 1. The molecule has 130 valence electrons. The van der Waals surface area contributed by atoms with Crippen molar-refractivity contribution in [1.82, 2.24) is 14.8 Å². The van der Waals surface area contributed by atoms with E-state index in [1.54, 1.807) is 4.67 Å². The second-order valence-electron chi connectivity index (χ2n) is 5.12. The average molecular weight is 397 g/mol. The molecule has 1 aromatic rings. The monoisotopic (exact) mass is 396 g/mol. The molecule has 3 N–H and O–H groups in total. The Bertz CT molecular complexity index is 527. The van der Waals surface area contributed by atoms with Gasteiger partial charge in [-0.05, 0) is 38.2 Å². The highest BCUT2D eigenvalue weighted by atomic mass is 35.5. The van der Waals surface area contributed by atoms with Crippen molar-refractivity contribution >= 4 is 53.8 Å². The zero-order valence-corrected chi connectivity index (χ0v) is 16.5. The van der Waals surface area contributed by atoms with Crippen molar-refractivity contribution in [3.05, 3.63) is 30.3 Å². The molecule has 5 nitrogen and oxygen atoms in total. The van der Waals surface area contributed by atoms with E-state index in [1.165, 1.54) is 0 Å². The van der Waals surface area contributed by atoms with E-state index in [4.69, 9.17) is 35.4 Å². The predicted molar refractivity (Wildman–Crippen MR) is 105 cm³/mol. The summed E-state index contributed by atoms with van der Waals surface area (Å²) in [5, 5.41) is 9.29. The molecule has 1 rings (SSSR count). The molecule has 0 heterocycles. The van der Waals surface area contributed by atoms with Gasteiger partial charge in [0.15, 0.2) is 5.11 Å². The highest BCUT2D eigenvalue weighted by molar-refractivity contribution is 7.81. The van der Waals surface area contributed by atoms with Crippen LogP contribution in [0.1, 0.15) is 13.8 Å². The summed E-state index contributed by atoms with van der Waals surface area (Å²) in [7, 11) is -3.15. The molecule has 0 bridgehead atoms. The first-order chi connectivity index (χ1) is 10.9. The van der Waals surface area contributed by atoms with Crippen molar-refractivity contribution in [2.24, 2.45) is 0 Å². The Balaban J connectivity index is 2.87. The Kier molecular flexibility index (Phi) is 9.44. The minimum absolute atomic E-state index is 0.000935. The first-order valence-electron chi connectivity index (χ1n) is 7.30. The zero-order chi connectivity index (χ0) is 17.3. The Morgan fingerprint density at radius 2 is 1.78 bits per heavy atom. The van der Waals surface area contributed by atoms with Gasteiger partial charge >= 0.3 is 7.59 Å². The zero-order valence-electron chi connectivity index (χ0n) is 13.3. The number of alkyl halides is 2. The normalized spacial score (nSPS) is 13.8. The number of thiocarbonyl (C=S) groups is 1. The number of hydrogen-bond donors (Lipinski definition) is 3. The SMILES string of the molecule is CC(C)NP(=O)(NC(=S)Nc1ccccc1)N(CCCl)CCCl. The molecule has 0 amide bonds. The number of benzene rings is 1. The van der Waals surface area contributed by atoms with Crippen LogP contribution in [0.25, 0.3) is 0 Å². The third-order valence-electron chi connectivity index (χ3n) is 2.80. The molecular formula is C14H23Cl2N4OPS. The van der Waals surface area contributed by atoms with Gasteiger partial charge in [0.1, 0.15) is 0 Å². The van der Waals surface area contributed by atoms with Gasteiger partial charge in [-0.3, -0.25) is 9.65 Å². The molecule has 0 radical (unpaired) electrons. The standard InChI is InChI=1S/C14H23Cl2N4OPS/c1-12(2)18-22(21,20(10-8-15)11-9-16)19-14(23)17-13-6-4-3-5-7-13/h3-7,12H,8-11H2,1-2H3,(H3,17,18,19,21,23). The van der Waals surface area contributed by atoms with Crippen LogP contribution < -0.4 is 15.5 Å². The van der Waals surface area contributed by atoms with Crippen molar-refractivity contribution in [2.75, 3.05) is 30.2 Å². The summed E-state index contributed by atoms with van der Waals surface area (Å²) < 4.78 is 15.1. The van der Waals surface area contributed by atoms with Crippen molar-refractivity contribution in [1.29, 1.82) is 0 Å². The number of anilines is 1. The largest absolute Gasteiger partial charge is 0.332 e. The van der Waals surface area contributed by atoms with E-state index >= 15 is 0 Å². The van der Waals surface area contributed by atoms with Crippen LogP contribution in [-0.4, -0.2) is 40.7 Å². The smallest absolute Gasteiger partial charge is 0.308 e. The number of halogens is 2. The predicted octanol–water partition coefficient (Wildman–Crippen LogP) is 3.86. The van der Waals surface area contributed by atoms with E-state index in [2.05, 4.69) is 15.5 Å². The van der Waals surface area contributed by atoms with Gasteiger partial charge in [0, 0.05) is 36.6 Å². The molecule has 1 aromatic carbocycles. The third-order valence-corrected chi connectivity index (χ3v) is 6.08. The lowest BCUT2D eigenvalue weighted by Crippen LogP contribution is -2.43. The van der Waals surface area contributed by atoms with Crippen LogP contribution in [0.5, 0.6) is 0 Å². The topological polar surface area (TPSA) is 56.4 Å². The Labute approximate surface area is 153 Å². The number of para-hydroxylation sites is 1. The number of hydrogen-bond acceptors (Lipinski definition) is 2. The molecule has 0 saturated carbocycles. The van der Waals surface area contributed by atoms with Crippen LogP contribution >= 0.6 is 43.0 Å². The lowest BCUT2D eigenvalue weighted by Gasteiger charge is -2.33. The van der Waals surface area contributed by atoms with Crippen molar-refractivity contribution in [3.63, 3.8) is 0 Å². The van der Waals surface area contributed by atoms with Gasteiger partial charge in [-0.2, -0.15) is 0 Å². The highest BCUT2D eigenvalue weighted by Gasteiger charge is 2.31. The lowest BCUT2D eigenvalue weighted by molar-refractivity contribution is 0.425. The fourth-order valence-corrected chi connectivity index (χ4v) is 5.24. The summed E-state index contributed by atoms with van der Waals surface area (Å²) in [4.78, 5) is 0. The maximum absolute atomic E-state index is 13.4. The van der Waals surface area contributed by atoms with E-state index in [0.717, 1.165) is 5.69 Å². The summed E-state index contributed by atoms with van der Waals surface area (Å²) in [5.74, 6) is 0.697. The Hall–Kier alpha value is -0.360. The molecule has 1 unspecified atom stereocenters. The Morgan fingerprint density at radius 1 is 1.22 bits per heavy atom. The van der Waals surface area contributed by atoms with Crippen LogP contribution in [0.3, 0.4) is 0 Å². The molecule has 0 fully saturated rings. The minimum atomic E-state index is -3.15. The van der Waals surface area contributed by atoms with E-state index in [1.807, 2.05) is 44.2 Å². The summed E-state index contributed by atoms with van der Waals surface area (Å²) in [6, 6.07) is 9.46. The van der Waals surface area contributed by atoms with Gasteiger partial charge in [0.2, 0.25) is 0 Å². The summed E-state index contributed by atoms with van der Waals surface area (Å²) in [6.45, 7) is 4.71. The molecule has 23 heavy (non-hydrogen) atoms. The van der Waals surface area contributed by atoms with Gasteiger partial charge in [0.05, 0.1) is 0 Å². The van der Waals surface area contributed by atoms with Gasteiger partial charge in [-0.15, -0.1) is 23.2 Å². The molecule has 0 aliphatic rings. The van der Waals surface area contributed by atoms with Gasteiger partial charge < -0.3 is 5.32 Å². The second kappa shape index (κ2) is 10.5. The van der Waals surface area contributed by atoms with Crippen molar-refractivity contribution < 1.29 is 4.57 Å². The number of rotatable bonds is 9. The molecule has 0 aromatic heterocycles. The molecule has 0 spiro atoms. The van der Waals surface area contributed by atoms with Crippen molar-refractivity contribution in [2.45, 2.75) is 19.9 Å². The fraction of sp³-hybridized carbons (Fsp3) is 0.500. The molecule has 0 aliphatic carbocycles. The Morgan fingerprint density at radius 3 is 2.26 bits per heavy atom. The fourth-order valence-electron chi connectivity index (χ4n) is 1.94. The van der Waals surface area contributed by atoms with Crippen molar-refractivity contribution in [3.8, 4) is 0 Å². The van der Waals surface area contributed by atoms with Crippen LogP contribution in [-0.2, 0) is 4.57 Å². The molecular weight excluding hydrogens is 374 g/mol. The first kappa shape index (κ1) is 20.7. The van der Waals surface area contributed by atoms with E-state index in [9.17, 15) is 4.57 Å². The second-order valence-corrected chi connectivity index (χ2v) is 8.49.